The number of benzene rings is 1. The SMILES string of the molecule is C=CC(=O)N(Cc1cnn(C(C)(C)C)c1)c1ccc2c(c1)NC(=O)CC2. The minimum Gasteiger partial charge on any atom is -0.326 e. The zero-order chi connectivity index (χ0) is 18.9. The molecule has 0 fully saturated rings. The fourth-order valence-corrected chi connectivity index (χ4v) is 2.93. The third kappa shape index (κ3) is 3.69. The normalized spacial score (nSPS) is 13.7. The van der Waals surface area contributed by atoms with Crippen molar-refractivity contribution in [2.45, 2.75) is 45.7 Å². The maximum Gasteiger partial charge on any atom is 0.250 e. The van der Waals surface area contributed by atoms with Gasteiger partial charge in [-0.25, -0.2) is 0 Å². The molecule has 3 rings (SSSR count). The molecule has 0 saturated carbocycles. The standard InChI is InChI=1S/C20H24N4O2/c1-5-19(26)23(12-14-11-21-24(13-14)20(2,3)4)16-8-6-15-7-9-18(25)22-17(15)10-16/h5-6,8,10-11,13H,1,7,9,12H2,2-4H3,(H,22,25). The summed E-state index contributed by atoms with van der Waals surface area (Å²) in [5.41, 5.74) is 3.38. The fourth-order valence-electron chi connectivity index (χ4n) is 2.93. The number of hydrogen-bond acceptors (Lipinski definition) is 3. The van der Waals surface area contributed by atoms with Crippen LogP contribution in [0.25, 0.3) is 0 Å². The molecule has 136 valence electrons. The van der Waals surface area contributed by atoms with Gasteiger partial charge in [-0.3, -0.25) is 14.3 Å². The lowest BCUT2D eigenvalue weighted by Crippen LogP contribution is -2.29. The van der Waals surface area contributed by atoms with Crippen molar-refractivity contribution in [3.63, 3.8) is 0 Å². The molecule has 0 unspecified atom stereocenters. The van der Waals surface area contributed by atoms with Gasteiger partial charge in [-0.1, -0.05) is 12.6 Å². The lowest BCUT2D eigenvalue weighted by molar-refractivity contribution is -0.116. The van der Waals surface area contributed by atoms with E-state index in [4.69, 9.17) is 0 Å². The molecule has 1 aromatic carbocycles. The number of rotatable bonds is 4. The zero-order valence-electron chi connectivity index (χ0n) is 15.5. The molecule has 2 aromatic rings. The molecule has 1 N–H and O–H groups in total. The molecule has 26 heavy (non-hydrogen) atoms. The van der Waals surface area contributed by atoms with Crippen LogP contribution in [0.5, 0.6) is 0 Å². The molecule has 2 heterocycles. The maximum absolute atomic E-state index is 12.4. The van der Waals surface area contributed by atoms with E-state index in [1.807, 2.05) is 29.1 Å². The zero-order valence-corrected chi connectivity index (χ0v) is 15.5. The summed E-state index contributed by atoms with van der Waals surface area (Å²) in [7, 11) is 0. The van der Waals surface area contributed by atoms with Crippen LogP contribution in [-0.4, -0.2) is 21.6 Å². The first-order valence-electron chi connectivity index (χ1n) is 8.68. The number of carbonyl (C=O) groups is 2. The smallest absolute Gasteiger partial charge is 0.250 e. The van der Waals surface area contributed by atoms with E-state index in [9.17, 15) is 9.59 Å². The van der Waals surface area contributed by atoms with Crippen LogP contribution in [0.3, 0.4) is 0 Å². The highest BCUT2D eigenvalue weighted by molar-refractivity contribution is 6.02. The fraction of sp³-hybridized carbons (Fsp3) is 0.350. The first-order chi connectivity index (χ1) is 12.3. The molecule has 0 aliphatic carbocycles. The quantitative estimate of drug-likeness (QED) is 0.859. The summed E-state index contributed by atoms with van der Waals surface area (Å²) in [5.74, 6) is -0.196. The molecular formula is C20H24N4O2. The van der Waals surface area contributed by atoms with E-state index in [-0.39, 0.29) is 17.4 Å². The number of fused-ring (bicyclic) bond motifs is 1. The number of carbonyl (C=O) groups excluding carboxylic acids is 2. The summed E-state index contributed by atoms with van der Waals surface area (Å²) in [6, 6.07) is 5.72. The van der Waals surface area contributed by atoms with Crippen LogP contribution >= 0.6 is 0 Å². The van der Waals surface area contributed by atoms with Gasteiger partial charge < -0.3 is 10.2 Å². The second kappa shape index (κ2) is 6.78. The lowest BCUT2D eigenvalue weighted by Gasteiger charge is -2.24. The van der Waals surface area contributed by atoms with Crippen LogP contribution in [0.2, 0.25) is 0 Å². The van der Waals surface area contributed by atoms with Crippen molar-refractivity contribution >= 4 is 23.2 Å². The van der Waals surface area contributed by atoms with Gasteiger partial charge in [-0.05, 0) is 51.0 Å². The van der Waals surface area contributed by atoms with E-state index in [1.165, 1.54) is 6.08 Å². The molecule has 0 spiro atoms. The Bertz CT molecular complexity index is 861. The van der Waals surface area contributed by atoms with Crippen LogP contribution in [0.4, 0.5) is 11.4 Å². The second-order valence-electron chi connectivity index (χ2n) is 7.48. The first-order valence-corrected chi connectivity index (χ1v) is 8.68. The predicted molar refractivity (Wildman–Crippen MR) is 102 cm³/mol. The molecule has 0 radical (unpaired) electrons. The lowest BCUT2D eigenvalue weighted by atomic mass is 10.0. The second-order valence-corrected chi connectivity index (χ2v) is 7.48. The number of nitrogens with one attached hydrogen (secondary N) is 1. The molecule has 1 aromatic heterocycles. The Morgan fingerprint density at radius 3 is 2.81 bits per heavy atom. The van der Waals surface area contributed by atoms with Crippen molar-refractivity contribution in [3.8, 4) is 0 Å². The Morgan fingerprint density at radius 2 is 2.15 bits per heavy atom. The number of amides is 2. The highest BCUT2D eigenvalue weighted by Gasteiger charge is 2.20. The first kappa shape index (κ1) is 17.9. The summed E-state index contributed by atoms with van der Waals surface area (Å²) >= 11 is 0. The van der Waals surface area contributed by atoms with Crippen LogP contribution in [0.1, 0.15) is 38.3 Å². The van der Waals surface area contributed by atoms with Gasteiger partial charge in [0.05, 0.1) is 18.3 Å². The van der Waals surface area contributed by atoms with Crippen molar-refractivity contribution in [2.24, 2.45) is 0 Å². The Hall–Kier alpha value is -2.89. The molecule has 2 amide bonds. The van der Waals surface area contributed by atoms with Gasteiger partial charge in [-0.2, -0.15) is 5.10 Å². The average molecular weight is 352 g/mol. The van der Waals surface area contributed by atoms with Gasteiger partial charge in [0.1, 0.15) is 0 Å². The summed E-state index contributed by atoms with van der Waals surface area (Å²) < 4.78 is 1.88. The van der Waals surface area contributed by atoms with E-state index >= 15 is 0 Å². The van der Waals surface area contributed by atoms with Crippen molar-refractivity contribution < 1.29 is 9.59 Å². The van der Waals surface area contributed by atoms with Crippen molar-refractivity contribution in [3.05, 3.63) is 54.4 Å². The van der Waals surface area contributed by atoms with E-state index in [2.05, 4.69) is 37.8 Å². The molecule has 1 aliphatic rings. The highest BCUT2D eigenvalue weighted by atomic mass is 16.2. The Morgan fingerprint density at radius 1 is 1.38 bits per heavy atom. The minimum atomic E-state index is -0.199. The van der Waals surface area contributed by atoms with Crippen molar-refractivity contribution in [2.75, 3.05) is 10.2 Å². The van der Waals surface area contributed by atoms with E-state index in [1.54, 1.807) is 11.1 Å². The number of aryl methyl sites for hydroxylation is 1. The summed E-state index contributed by atoms with van der Waals surface area (Å²) in [5, 5.41) is 7.28. The van der Waals surface area contributed by atoms with Crippen LogP contribution < -0.4 is 10.2 Å². The summed E-state index contributed by atoms with van der Waals surface area (Å²) in [4.78, 5) is 25.7. The Balaban J connectivity index is 1.91. The Labute approximate surface area is 153 Å². The third-order valence-electron chi connectivity index (χ3n) is 4.41. The summed E-state index contributed by atoms with van der Waals surface area (Å²) in [6.45, 7) is 10.2. The van der Waals surface area contributed by atoms with Gasteiger partial charge >= 0.3 is 0 Å². The molecule has 1 aliphatic heterocycles. The van der Waals surface area contributed by atoms with Crippen LogP contribution in [0.15, 0.2) is 43.2 Å². The van der Waals surface area contributed by atoms with Crippen LogP contribution in [0, 0.1) is 0 Å². The van der Waals surface area contributed by atoms with Gasteiger partial charge in [0.2, 0.25) is 5.91 Å². The molecule has 0 bridgehead atoms. The largest absolute Gasteiger partial charge is 0.326 e. The summed E-state index contributed by atoms with van der Waals surface area (Å²) in [6.07, 6.45) is 6.23. The average Bonchev–Trinajstić information content (AvgIpc) is 3.07. The molecule has 0 saturated heterocycles. The van der Waals surface area contributed by atoms with Crippen molar-refractivity contribution in [1.29, 1.82) is 0 Å². The third-order valence-corrected chi connectivity index (χ3v) is 4.41. The van der Waals surface area contributed by atoms with Crippen LogP contribution in [-0.2, 0) is 28.1 Å². The van der Waals surface area contributed by atoms with Gasteiger partial charge in [-0.15, -0.1) is 0 Å². The molecule has 0 atom stereocenters. The molecule has 6 heteroatoms. The van der Waals surface area contributed by atoms with E-state index in [0.29, 0.717) is 13.0 Å². The monoisotopic (exact) mass is 352 g/mol. The maximum atomic E-state index is 12.4. The Kier molecular flexibility index (Phi) is 4.68. The van der Waals surface area contributed by atoms with Gasteiger partial charge in [0.25, 0.3) is 5.91 Å². The predicted octanol–water partition coefficient (Wildman–Crippen LogP) is 3.24. The molecule has 6 nitrogen and oxygen atoms in total. The van der Waals surface area contributed by atoms with Crippen molar-refractivity contribution in [1.82, 2.24) is 9.78 Å². The number of nitrogens with zero attached hydrogens (tertiary/aromatic N) is 3. The number of hydrogen-bond donors (Lipinski definition) is 1. The minimum absolute atomic E-state index is 0.00250. The van der Waals surface area contributed by atoms with E-state index in [0.717, 1.165) is 28.9 Å². The van der Waals surface area contributed by atoms with Gasteiger partial charge in [0.15, 0.2) is 0 Å². The highest BCUT2D eigenvalue weighted by Crippen LogP contribution is 2.29. The topological polar surface area (TPSA) is 67.2 Å². The number of aromatic nitrogens is 2. The molecular weight excluding hydrogens is 328 g/mol. The van der Waals surface area contributed by atoms with E-state index < -0.39 is 0 Å². The van der Waals surface area contributed by atoms with Gasteiger partial charge in [0, 0.05) is 29.6 Å². The number of anilines is 2.